The molecule has 0 aliphatic heterocycles. The van der Waals surface area contributed by atoms with Gasteiger partial charge in [0.2, 0.25) is 0 Å². The normalized spacial score (nSPS) is 9.50. The highest BCUT2D eigenvalue weighted by Crippen LogP contribution is 2.08. The second kappa shape index (κ2) is 5.38. The molecule has 0 saturated carbocycles. The van der Waals surface area contributed by atoms with E-state index in [0.29, 0.717) is 17.0 Å². The Morgan fingerprint density at radius 2 is 2.43 bits per heavy atom. The van der Waals surface area contributed by atoms with Gasteiger partial charge in [-0.1, -0.05) is 0 Å². The Morgan fingerprint density at radius 1 is 1.64 bits per heavy atom. The number of carbonyl (C=O) groups is 1. The van der Waals surface area contributed by atoms with Gasteiger partial charge in [-0.05, 0) is 15.9 Å². The van der Waals surface area contributed by atoms with Crippen molar-refractivity contribution in [2.75, 3.05) is 18.5 Å². The van der Waals surface area contributed by atoms with Crippen LogP contribution < -0.4 is 11.1 Å². The van der Waals surface area contributed by atoms with Crippen molar-refractivity contribution >= 4 is 27.8 Å². The summed E-state index contributed by atoms with van der Waals surface area (Å²) in [5.41, 5.74) is 4.77. The Balaban J connectivity index is 2.28. The van der Waals surface area contributed by atoms with Gasteiger partial charge in [0.15, 0.2) is 0 Å². The Bertz CT molecular complexity index is 320. The molecule has 0 fully saturated rings. The summed E-state index contributed by atoms with van der Waals surface area (Å²) in [4.78, 5) is 18.0. The van der Waals surface area contributed by atoms with Crippen LogP contribution in [0.5, 0.6) is 0 Å². The molecule has 1 aromatic heterocycles. The lowest BCUT2D eigenvalue weighted by molar-refractivity contribution is 0.161. The third-order valence-electron chi connectivity index (χ3n) is 1.29. The molecule has 0 bridgehead atoms. The minimum absolute atomic E-state index is 0.205. The van der Waals surface area contributed by atoms with E-state index in [2.05, 4.69) is 36.0 Å². The van der Waals surface area contributed by atoms with Gasteiger partial charge in [0.25, 0.3) is 0 Å². The predicted molar refractivity (Wildman–Crippen MR) is 53.8 cm³/mol. The van der Waals surface area contributed by atoms with E-state index in [1.54, 1.807) is 6.07 Å². The standard InChI is InChI=1S/C7H9BrN4O2/c8-5-3-6(12-4-11-5)10-1-2-14-7(9)13/h3-4H,1-2H2,(H2,9,13)(H,10,11,12). The molecule has 76 valence electrons. The van der Waals surface area contributed by atoms with Gasteiger partial charge in [0.1, 0.15) is 23.4 Å². The average molecular weight is 261 g/mol. The summed E-state index contributed by atoms with van der Waals surface area (Å²) in [5, 5.41) is 2.93. The molecule has 7 heteroatoms. The molecule has 0 aliphatic carbocycles. The number of halogens is 1. The molecule has 1 rings (SSSR count). The summed E-state index contributed by atoms with van der Waals surface area (Å²) < 4.78 is 5.20. The molecule has 0 aliphatic rings. The van der Waals surface area contributed by atoms with Crippen molar-refractivity contribution in [1.29, 1.82) is 0 Å². The van der Waals surface area contributed by atoms with Crippen LogP contribution in [0, 0.1) is 0 Å². The Labute approximate surface area is 89.0 Å². The van der Waals surface area contributed by atoms with Crippen LogP contribution in [0.2, 0.25) is 0 Å². The van der Waals surface area contributed by atoms with Crippen molar-refractivity contribution in [3.05, 3.63) is 17.0 Å². The lowest BCUT2D eigenvalue weighted by Gasteiger charge is -2.04. The van der Waals surface area contributed by atoms with Crippen molar-refractivity contribution in [1.82, 2.24) is 9.97 Å². The number of aromatic nitrogens is 2. The number of nitrogens with one attached hydrogen (secondary N) is 1. The molecule has 1 aromatic rings. The van der Waals surface area contributed by atoms with Crippen molar-refractivity contribution in [2.45, 2.75) is 0 Å². The smallest absolute Gasteiger partial charge is 0.404 e. The molecule has 0 atom stereocenters. The molecular weight excluding hydrogens is 252 g/mol. The van der Waals surface area contributed by atoms with Gasteiger partial charge in [0.05, 0.1) is 6.54 Å². The van der Waals surface area contributed by atoms with Crippen molar-refractivity contribution in [3.8, 4) is 0 Å². The van der Waals surface area contributed by atoms with Crippen molar-refractivity contribution in [2.24, 2.45) is 5.73 Å². The first-order chi connectivity index (χ1) is 6.68. The maximum atomic E-state index is 10.2. The van der Waals surface area contributed by atoms with Crippen LogP contribution in [0.15, 0.2) is 17.0 Å². The third kappa shape index (κ3) is 4.04. The molecule has 0 saturated heterocycles. The summed E-state index contributed by atoms with van der Waals surface area (Å²) in [6.45, 7) is 0.656. The highest BCUT2D eigenvalue weighted by atomic mass is 79.9. The van der Waals surface area contributed by atoms with Crippen LogP contribution in [0.1, 0.15) is 0 Å². The molecule has 0 aromatic carbocycles. The van der Waals surface area contributed by atoms with Crippen LogP contribution >= 0.6 is 15.9 Å². The zero-order valence-corrected chi connectivity index (χ0v) is 8.82. The lowest BCUT2D eigenvalue weighted by Crippen LogP contribution is -2.18. The Morgan fingerprint density at radius 3 is 3.07 bits per heavy atom. The molecule has 3 N–H and O–H groups in total. The topological polar surface area (TPSA) is 90.1 Å². The van der Waals surface area contributed by atoms with Crippen molar-refractivity contribution in [3.63, 3.8) is 0 Å². The maximum Gasteiger partial charge on any atom is 0.404 e. The van der Waals surface area contributed by atoms with Crippen LogP contribution in [0.4, 0.5) is 10.6 Å². The lowest BCUT2D eigenvalue weighted by atomic mass is 10.5. The van der Waals surface area contributed by atoms with Crippen LogP contribution in [-0.2, 0) is 4.74 Å². The van der Waals surface area contributed by atoms with Crippen LogP contribution in [0.3, 0.4) is 0 Å². The van der Waals surface area contributed by atoms with E-state index < -0.39 is 6.09 Å². The Kier molecular flexibility index (Phi) is 4.11. The van der Waals surface area contributed by atoms with E-state index in [9.17, 15) is 4.79 Å². The minimum Gasteiger partial charge on any atom is -0.448 e. The highest BCUT2D eigenvalue weighted by Gasteiger charge is 1.96. The van der Waals surface area contributed by atoms with E-state index in [1.165, 1.54) is 6.33 Å². The summed E-state index contributed by atoms with van der Waals surface area (Å²) in [6.07, 6.45) is 0.636. The molecule has 0 unspecified atom stereocenters. The van der Waals surface area contributed by atoms with Gasteiger partial charge in [-0.15, -0.1) is 0 Å². The number of hydrogen-bond acceptors (Lipinski definition) is 5. The van der Waals surface area contributed by atoms with Gasteiger partial charge in [-0.25, -0.2) is 14.8 Å². The largest absolute Gasteiger partial charge is 0.448 e. The number of amides is 1. The molecular formula is C7H9BrN4O2. The number of anilines is 1. The number of ether oxygens (including phenoxy) is 1. The fraction of sp³-hybridized carbons (Fsp3) is 0.286. The van der Waals surface area contributed by atoms with Crippen molar-refractivity contribution < 1.29 is 9.53 Å². The molecule has 6 nitrogen and oxygen atoms in total. The first-order valence-electron chi connectivity index (χ1n) is 3.82. The summed E-state index contributed by atoms with van der Waals surface area (Å²) >= 11 is 3.20. The number of nitrogens with zero attached hydrogens (tertiary/aromatic N) is 2. The molecule has 1 amide bonds. The Hall–Kier alpha value is -1.37. The third-order valence-corrected chi connectivity index (χ3v) is 1.72. The molecule has 14 heavy (non-hydrogen) atoms. The maximum absolute atomic E-state index is 10.2. The van der Waals surface area contributed by atoms with Gasteiger partial charge in [0, 0.05) is 6.07 Å². The van der Waals surface area contributed by atoms with E-state index in [0.717, 1.165) is 0 Å². The van der Waals surface area contributed by atoms with Gasteiger partial charge in [-0.3, -0.25) is 0 Å². The number of rotatable bonds is 4. The SMILES string of the molecule is NC(=O)OCCNc1cc(Br)ncn1. The average Bonchev–Trinajstić information content (AvgIpc) is 2.12. The first kappa shape index (κ1) is 10.7. The fourth-order valence-corrected chi connectivity index (χ4v) is 1.07. The number of primary amides is 1. The number of carbonyl (C=O) groups excluding carboxylic acids is 1. The van der Waals surface area contributed by atoms with Crippen LogP contribution in [0.25, 0.3) is 0 Å². The summed E-state index contributed by atoms with van der Waals surface area (Å²) in [5.74, 6) is 0.653. The van der Waals surface area contributed by atoms with E-state index >= 15 is 0 Å². The zero-order valence-electron chi connectivity index (χ0n) is 7.24. The van der Waals surface area contributed by atoms with E-state index in [-0.39, 0.29) is 6.61 Å². The highest BCUT2D eigenvalue weighted by molar-refractivity contribution is 9.10. The van der Waals surface area contributed by atoms with Gasteiger partial charge in [-0.2, -0.15) is 0 Å². The van der Waals surface area contributed by atoms with Crippen LogP contribution in [-0.4, -0.2) is 29.2 Å². The first-order valence-corrected chi connectivity index (χ1v) is 4.61. The summed E-state index contributed by atoms with van der Waals surface area (Å²) in [7, 11) is 0. The fourth-order valence-electron chi connectivity index (χ4n) is 0.761. The number of nitrogens with two attached hydrogens (primary N) is 1. The predicted octanol–water partition coefficient (Wildman–Crippen LogP) is 0.746. The second-order valence-electron chi connectivity index (χ2n) is 2.32. The summed E-state index contributed by atoms with van der Waals surface area (Å²) in [6, 6.07) is 1.71. The zero-order chi connectivity index (χ0) is 10.4. The molecule has 1 heterocycles. The van der Waals surface area contributed by atoms with E-state index in [1.807, 2.05) is 0 Å². The van der Waals surface area contributed by atoms with Gasteiger partial charge >= 0.3 is 6.09 Å². The quantitative estimate of drug-likeness (QED) is 0.616. The second-order valence-corrected chi connectivity index (χ2v) is 3.13. The molecule has 0 spiro atoms. The number of hydrogen-bond donors (Lipinski definition) is 2. The van der Waals surface area contributed by atoms with Gasteiger partial charge < -0.3 is 15.8 Å². The van der Waals surface area contributed by atoms with E-state index in [4.69, 9.17) is 5.73 Å². The minimum atomic E-state index is -0.782. The monoisotopic (exact) mass is 260 g/mol. The molecule has 0 radical (unpaired) electrons.